The first-order valence-corrected chi connectivity index (χ1v) is 11.8. The van der Waals surface area contributed by atoms with Gasteiger partial charge in [0.25, 0.3) is 0 Å². The maximum atomic E-state index is 13.0. The van der Waals surface area contributed by atoms with Crippen molar-refractivity contribution in [2.24, 2.45) is 0 Å². The summed E-state index contributed by atoms with van der Waals surface area (Å²) < 4.78 is 7.29. The van der Waals surface area contributed by atoms with Crippen LogP contribution in [0.25, 0.3) is 0 Å². The summed E-state index contributed by atoms with van der Waals surface area (Å²) in [4.78, 5) is 21.8. The Kier molecular flexibility index (Phi) is 7.12. The maximum Gasteiger partial charge on any atom is 0.338 e. The van der Waals surface area contributed by atoms with Crippen LogP contribution >= 0.6 is 23.4 Å². The Morgan fingerprint density at radius 3 is 2.78 bits per heavy atom. The minimum atomic E-state index is -0.453. The van der Waals surface area contributed by atoms with E-state index in [0.29, 0.717) is 39.8 Å². The SMILES string of the molecule is CCCCOC(=O)C1=C(C)Nc2nc(SCc3ccccc3Cl)nn2C1c1ccncc1. The van der Waals surface area contributed by atoms with Crippen molar-refractivity contribution in [3.8, 4) is 0 Å². The number of thioether (sulfide) groups is 1. The zero-order chi connectivity index (χ0) is 22.5. The minimum absolute atomic E-state index is 0.350. The number of allylic oxidation sites excluding steroid dienone is 1. The average molecular weight is 470 g/mol. The van der Waals surface area contributed by atoms with Crippen molar-refractivity contribution in [1.82, 2.24) is 19.7 Å². The molecule has 7 nitrogen and oxygen atoms in total. The summed E-state index contributed by atoms with van der Waals surface area (Å²) in [5.74, 6) is 0.870. The van der Waals surface area contributed by atoms with Crippen LogP contribution in [0.15, 0.2) is 65.2 Å². The molecule has 1 aliphatic rings. The smallest absolute Gasteiger partial charge is 0.338 e. The van der Waals surface area contributed by atoms with Gasteiger partial charge in [0.2, 0.25) is 11.1 Å². The number of hydrogen-bond donors (Lipinski definition) is 1. The zero-order valence-corrected chi connectivity index (χ0v) is 19.5. The Morgan fingerprint density at radius 1 is 1.25 bits per heavy atom. The van der Waals surface area contributed by atoms with E-state index in [2.05, 4.69) is 22.2 Å². The quantitative estimate of drug-likeness (QED) is 0.274. The van der Waals surface area contributed by atoms with Gasteiger partial charge in [0.05, 0.1) is 12.2 Å². The van der Waals surface area contributed by atoms with E-state index in [4.69, 9.17) is 21.4 Å². The maximum absolute atomic E-state index is 13.0. The first-order chi connectivity index (χ1) is 15.6. The number of hydrogen-bond acceptors (Lipinski definition) is 7. The van der Waals surface area contributed by atoms with Gasteiger partial charge in [-0.25, -0.2) is 9.48 Å². The second-order valence-corrected chi connectivity index (χ2v) is 8.73. The van der Waals surface area contributed by atoms with Crippen LogP contribution in [0.1, 0.15) is 43.9 Å². The van der Waals surface area contributed by atoms with Crippen molar-refractivity contribution in [1.29, 1.82) is 0 Å². The summed E-state index contributed by atoms with van der Waals surface area (Å²) in [5.41, 5.74) is 3.13. The van der Waals surface area contributed by atoms with E-state index in [0.717, 1.165) is 24.0 Å². The normalized spacial score (nSPS) is 15.3. The van der Waals surface area contributed by atoms with E-state index in [9.17, 15) is 4.79 Å². The molecule has 4 rings (SSSR count). The fraction of sp³-hybridized carbons (Fsp3) is 0.304. The molecule has 166 valence electrons. The molecular weight excluding hydrogens is 446 g/mol. The molecule has 0 radical (unpaired) electrons. The van der Waals surface area contributed by atoms with Crippen molar-refractivity contribution in [3.05, 3.63) is 76.2 Å². The Labute approximate surface area is 196 Å². The van der Waals surface area contributed by atoms with Gasteiger partial charge in [0.1, 0.15) is 6.04 Å². The third-order valence-electron chi connectivity index (χ3n) is 5.12. The lowest BCUT2D eigenvalue weighted by atomic mass is 9.97. The van der Waals surface area contributed by atoms with Crippen molar-refractivity contribution in [3.63, 3.8) is 0 Å². The number of esters is 1. The van der Waals surface area contributed by atoms with E-state index >= 15 is 0 Å². The van der Waals surface area contributed by atoms with Gasteiger partial charge in [-0.2, -0.15) is 4.98 Å². The lowest BCUT2D eigenvalue weighted by Crippen LogP contribution is -2.29. The first-order valence-electron chi connectivity index (χ1n) is 10.5. The number of aromatic nitrogens is 4. The second-order valence-electron chi connectivity index (χ2n) is 7.38. The Morgan fingerprint density at radius 2 is 2.03 bits per heavy atom. The van der Waals surface area contributed by atoms with Crippen LogP contribution < -0.4 is 5.32 Å². The zero-order valence-electron chi connectivity index (χ0n) is 17.9. The fourth-order valence-electron chi connectivity index (χ4n) is 3.46. The molecule has 1 unspecified atom stereocenters. The summed E-state index contributed by atoms with van der Waals surface area (Å²) in [6.07, 6.45) is 5.19. The van der Waals surface area contributed by atoms with Gasteiger partial charge in [0.15, 0.2) is 0 Å². The van der Waals surface area contributed by atoms with Gasteiger partial charge in [-0.3, -0.25) is 4.98 Å². The number of rotatable bonds is 8. The Balaban J connectivity index is 1.64. The van der Waals surface area contributed by atoms with Crippen molar-refractivity contribution in [2.75, 3.05) is 11.9 Å². The molecule has 32 heavy (non-hydrogen) atoms. The third kappa shape index (κ3) is 4.81. The summed E-state index contributed by atoms with van der Waals surface area (Å²) in [7, 11) is 0. The molecule has 3 aromatic rings. The molecule has 1 N–H and O–H groups in total. The fourth-order valence-corrected chi connectivity index (χ4v) is 4.57. The van der Waals surface area contributed by atoms with E-state index in [1.54, 1.807) is 17.1 Å². The number of carbonyl (C=O) groups is 1. The second kappa shape index (κ2) is 10.2. The number of benzene rings is 1. The summed E-state index contributed by atoms with van der Waals surface area (Å²) in [6.45, 7) is 4.31. The molecular formula is C23H24ClN5O2S. The topological polar surface area (TPSA) is 81.9 Å². The molecule has 1 aromatic carbocycles. The minimum Gasteiger partial charge on any atom is -0.462 e. The van der Waals surface area contributed by atoms with Gasteiger partial charge in [-0.05, 0) is 42.7 Å². The number of fused-ring (bicyclic) bond motifs is 1. The van der Waals surface area contributed by atoms with Crippen LogP contribution in [0, 0.1) is 0 Å². The standard InChI is InChI=1S/C23H24ClN5O2S/c1-3-4-13-31-21(30)19-15(2)26-22-27-23(32-14-17-7-5-6-8-18(17)24)28-29(22)20(19)16-9-11-25-12-10-16/h5-12,20H,3-4,13-14H2,1-2H3,(H,26,27,28). The molecule has 0 fully saturated rings. The highest BCUT2D eigenvalue weighted by atomic mass is 35.5. The summed E-state index contributed by atoms with van der Waals surface area (Å²) in [5, 5.41) is 9.25. The van der Waals surface area contributed by atoms with Gasteiger partial charge in [-0.15, -0.1) is 5.10 Å². The average Bonchev–Trinajstić information content (AvgIpc) is 3.20. The summed E-state index contributed by atoms with van der Waals surface area (Å²) >= 11 is 7.78. The highest BCUT2D eigenvalue weighted by Crippen LogP contribution is 2.37. The summed E-state index contributed by atoms with van der Waals surface area (Å²) in [6, 6.07) is 11.0. The van der Waals surface area contributed by atoms with Crippen LogP contribution in [0.5, 0.6) is 0 Å². The van der Waals surface area contributed by atoms with Crippen molar-refractivity contribution >= 4 is 35.3 Å². The third-order valence-corrected chi connectivity index (χ3v) is 6.38. The molecule has 0 amide bonds. The molecule has 1 atom stereocenters. The number of pyridine rings is 1. The van der Waals surface area contributed by atoms with E-state index < -0.39 is 6.04 Å². The number of anilines is 1. The molecule has 2 aromatic heterocycles. The Bertz CT molecular complexity index is 1130. The predicted octanol–water partition coefficient (Wildman–Crippen LogP) is 5.25. The van der Waals surface area contributed by atoms with Gasteiger partial charge < -0.3 is 10.1 Å². The van der Waals surface area contributed by atoms with E-state index in [-0.39, 0.29) is 5.97 Å². The van der Waals surface area contributed by atoms with E-state index in [1.807, 2.05) is 43.3 Å². The highest BCUT2D eigenvalue weighted by Gasteiger charge is 2.35. The molecule has 3 heterocycles. The monoisotopic (exact) mass is 469 g/mol. The van der Waals surface area contributed by atoms with Gasteiger partial charge in [0, 0.05) is 28.9 Å². The number of halogens is 1. The largest absolute Gasteiger partial charge is 0.462 e. The lowest BCUT2D eigenvalue weighted by molar-refractivity contribution is -0.139. The number of unbranched alkanes of at least 4 members (excludes halogenated alkanes) is 1. The van der Waals surface area contributed by atoms with Crippen LogP contribution in [0.3, 0.4) is 0 Å². The van der Waals surface area contributed by atoms with Crippen molar-refractivity contribution < 1.29 is 9.53 Å². The van der Waals surface area contributed by atoms with Crippen molar-refractivity contribution in [2.45, 2.75) is 43.6 Å². The van der Waals surface area contributed by atoms with Crippen LogP contribution in [-0.2, 0) is 15.3 Å². The first kappa shape index (κ1) is 22.4. The lowest BCUT2D eigenvalue weighted by Gasteiger charge is -2.28. The molecule has 0 bridgehead atoms. The molecule has 0 aliphatic carbocycles. The van der Waals surface area contributed by atoms with Crippen LogP contribution in [-0.4, -0.2) is 32.3 Å². The van der Waals surface area contributed by atoms with Gasteiger partial charge >= 0.3 is 5.97 Å². The molecule has 0 saturated heterocycles. The molecule has 0 saturated carbocycles. The number of nitrogens with zero attached hydrogens (tertiary/aromatic N) is 4. The number of carbonyl (C=O) groups excluding carboxylic acids is 1. The number of nitrogens with one attached hydrogen (secondary N) is 1. The van der Waals surface area contributed by atoms with Crippen LogP contribution in [0.2, 0.25) is 5.02 Å². The highest BCUT2D eigenvalue weighted by molar-refractivity contribution is 7.98. The predicted molar refractivity (Wildman–Crippen MR) is 126 cm³/mol. The number of ether oxygens (including phenoxy) is 1. The van der Waals surface area contributed by atoms with Crippen LogP contribution in [0.4, 0.5) is 5.95 Å². The Hall–Kier alpha value is -2.84. The van der Waals surface area contributed by atoms with Gasteiger partial charge in [-0.1, -0.05) is 54.9 Å². The molecule has 0 spiro atoms. The molecule has 1 aliphatic heterocycles. The molecule has 9 heteroatoms. The van der Waals surface area contributed by atoms with E-state index in [1.165, 1.54) is 11.8 Å².